The van der Waals surface area contributed by atoms with E-state index in [9.17, 15) is 48.6 Å². The first kappa shape index (κ1) is 56.1. The smallest absolute Gasteiger partial charge is 0.279 e. The molecule has 1 saturated heterocycles. The highest BCUT2D eigenvalue weighted by Crippen LogP contribution is 2.25. The number of rotatable bonds is 14. The number of para-hydroxylation sites is 1. The van der Waals surface area contributed by atoms with Crippen LogP contribution >= 0.6 is 21.6 Å². The summed E-state index contributed by atoms with van der Waals surface area (Å²) in [6.45, 7) is 4.34. The van der Waals surface area contributed by atoms with Gasteiger partial charge >= 0.3 is 0 Å². The van der Waals surface area contributed by atoms with Crippen molar-refractivity contribution in [2.45, 2.75) is 94.5 Å². The molecule has 394 valence electrons. The number of aromatic hydroxyl groups is 1. The van der Waals surface area contributed by atoms with E-state index in [-0.39, 0.29) is 43.1 Å². The van der Waals surface area contributed by atoms with E-state index in [0.717, 1.165) is 48.8 Å². The maximum atomic E-state index is 14.7. The van der Waals surface area contributed by atoms with E-state index in [2.05, 4.69) is 53.7 Å². The molecule has 18 N–H and O–H groups in total. The summed E-state index contributed by atoms with van der Waals surface area (Å²) in [5.41, 5.74) is 16.2. The van der Waals surface area contributed by atoms with Gasteiger partial charge in [-0.3, -0.25) is 38.4 Å². The van der Waals surface area contributed by atoms with Gasteiger partial charge < -0.3 is 69.6 Å². The largest absolute Gasteiger partial charge is 0.508 e. The van der Waals surface area contributed by atoms with E-state index < -0.39 is 108 Å². The van der Waals surface area contributed by atoms with Crippen LogP contribution in [0.15, 0.2) is 97.2 Å². The molecule has 1 aliphatic rings. The number of quaternary nitrogens is 2. The van der Waals surface area contributed by atoms with E-state index >= 15 is 0 Å². The number of nitrogens with one attached hydrogen (secondary N) is 8. The molecule has 74 heavy (non-hydrogen) atoms. The number of hydrogen-bond acceptors (Lipinski definition) is 12. The molecule has 0 bridgehead atoms. The van der Waals surface area contributed by atoms with Crippen LogP contribution in [0.4, 0.5) is 0 Å². The van der Waals surface area contributed by atoms with Crippen molar-refractivity contribution in [3.05, 3.63) is 114 Å². The van der Waals surface area contributed by atoms with Crippen molar-refractivity contribution in [3.63, 3.8) is 0 Å². The highest BCUT2D eigenvalue weighted by molar-refractivity contribution is 8.76. The van der Waals surface area contributed by atoms with Crippen LogP contribution < -0.4 is 54.4 Å². The lowest BCUT2D eigenvalue weighted by Crippen LogP contribution is -2.70. The zero-order valence-electron chi connectivity index (χ0n) is 41.2. The zero-order valence-corrected chi connectivity index (χ0v) is 42.9. The van der Waals surface area contributed by atoms with Crippen LogP contribution in [0.3, 0.4) is 0 Å². The predicted octanol–water partition coefficient (Wildman–Crippen LogP) is -1.78. The minimum absolute atomic E-state index is 0.0451. The molecule has 4 aromatic carbocycles. The van der Waals surface area contributed by atoms with Crippen LogP contribution in [-0.4, -0.2) is 135 Å². The number of aliphatic hydroxyl groups is 1. The molecule has 1 aromatic heterocycles. The van der Waals surface area contributed by atoms with Gasteiger partial charge in [0.15, 0.2) is 12.1 Å². The molecule has 8 amide bonds. The predicted molar refractivity (Wildman–Crippen MR) is 280 cm³/mol. The van der Waals surface area contributed by atoms with Gasteiger partial charge in [-0.25, -0.2) is 0 Å². The second-order valence-electron chi connectivity index (χ2n) is 18.5. The molecule has 1 aliphatic heterocycles. The summed E-state index contributed by atoms with van der Waals surface area (Å²) in [6.07, 6.45) is 0.257. The fraction of sp³-hybridized carbons (Fsp3) is 0.373. The van der Waals surface area contributed by atoms with Crippen molar-refractivity contribution in [2.75, 3.05) is 18.1 Å². The maximum Gasteiger partial charge on any atom is 0.279 e. The van der Waals surface area contributed by atoms with Crippen molar-refractivity contribution < 1.29 is 60.0 Å². The summed E-state index contributed by atoms with van der Waals surface area (Å²) in [5.74, 6) is -7.55. The average molecular weight is 1060 g/mol. The van der Waals surface area contributed by atoms with E-state index in [4.69, 9.17) is 5.73 Å². The van der Waals surface area contributed by atoms with Crippen molar-refractivity contribution in [1.82, 2.24) is 42.2 Å². The lowest BCUT2D eigenvalue weighted by atomic mass is 10.0. The summed E-state index contributed by atoms with van der Waals surface area (Å²) in [6, 6.07) is 16.2. The van der Waals surface area contributed by atoms with Gasteiger partial charge in [-0.1, -0.05) is 108 Å². The summed E-state index contributed by atoms with van der Waals surface area (Å²) < 4.78 is 0. The van der Waals surface area contributed by atoms with Gasteiger partial charge in [-0.2, -0.15) is 0 Å². The van der Waals surface area contributed by atoms with Gasteiger partial charge in [0.05, 0.1) is 6.10 Å². The number of hydrogen-bond donors (Lipinski definition) is 13. The van der Waals surface area contributed by atoms with Gasteiger partial charge in [-0.05, 0) is 58.5 Å². The Hall–Kier alpha value is -7.18. The third-order valence-electron chi connectivity index (χ3n) is 12.5. The van der Waals surface area contributed by atoms with Crippen molar-refractivity contribution in [1.29, 1.82) is 0 Å². The lowest BCUT2D eigenvalue weighted by molar-refractivity contribution is -0.403. The number of aliphatic hydroxyl groups excluding tert-OH is 1. The van der Waals surface area contributed by atoms with Crippen LogP contribution in [0.2, 0.25) is 0 Å². The Morgan fingerprint density at radius 3 is 2.01 bits per heavy atom. The minimum Gasteiger partial charge on any atom is -0.508 e. The monoisotopic (exact) mass is 1060 g/mol. The van der Waals surface area contributed by atoms with Gasteiger partial charge in [0.2, 0.25) is 41.4 Å². The van der Waals surface area contributed by atoms with Crippen LogP contribution in [0, 0.1) is 5.92 Å². The summed E-state index contributed by atoms with van der Waals surface area (Å²) in [7, 11) is 2.06. The fourth-order valence-electron chi connectivity index (χ4n) is 8.26. The standard InChI is InChI=1S/C51H63N11O10S2/c1-26(2)42-51(72)60-41(50(71)62-43(27(3)63)44(54)65)25-74-73-24-40(59-45(66)35(53)19-29-12-15-30-8-4-5-9-31(30)18-29)49(70)56-37(20-28-13-16-33(64)17-14-28)46(67)57-38(47(68)58-39(22-52)48(69)61-42)21-32-23-55-36-11-7-6-10-34(32)36/h4-18,23,26-27,35,37-43,55,63-64H,19-22,24-25,52-53H2,1-3H3,(H2,54,65)(H,56,70)(H,57,67)(H,58,68)(H,59,66)(H,60,72)(H,61,69)(H,62,71)/p+2/t27-,35-,37+,38-,39+,40+,41+,42+,43+/m1/s1. The average Bonchev–Trinajstić information content (AvgIpc) is 3.78. The molecule has 5 aromatic rings. The number of primary amides is 1. The number of phenolic OH excluding ortho intramolecular Hbond substituents is 1. The fourth-order valence-corrected chi connectivity index (χ4v) is 10.6. The number of phenols is 1. The number of H-pyrrole nitrogens is 1. The van der Waals surface area contributed by atoms with Crippen LogP contribution in [0.1, 0.15) is 37.5 Å². The summed E-state index contributed by atoms with van der Waals surface area (Å²) in [5, 5.41) is 41.9. The van der Waals surface area contributed by atoms with Crippen molar-refractivity contribution in [3.8, 4) is 5.75 Å². The molecule has 0 saturated carbocycles. The zero-order chi connectivity index (χ0) is 53.6. The number of benzene rings is 4. The Kier molecular flexibility index (Phi) is 19.8. The molecule has 0 unspecified atom stereocenters. The topological polar surface area (TPSA) is 358 Å². The van der Waals surface area contributed by atoms with E-state index in [1.54, 1.807) is 32.2 Å². The number of nitrogens with two attached hydrogens (primary N) is 1. The molecular weight excluding hydrogens is 991 g/mol. The Morgan fingerprint density at radius 2 is 1.34 bits per heavy atom. The normalized spacial score (nSPS) is 22.0. The molecule has 1 fully saturated rings. The number of carbonyl (C=O) groups is 8. The first-order valence-corrected chi connectivity index (χ1v) is 26.6. The molecule has 2 heterocycles. The molecule has 9 atom stereocenters. The Morgan fingerprint density at radius 1 is 0.730 bits per heavy atom. The van der Waals surface area contributed by atoms with Crippen LogP contribution in [0.25, 0.3) is 21.7 Å². The molecule has 6 rings (SSSR count). The second-order valence-corrected chi connectivity index (χ2v) is 21.1. The van der Waals surface area contributed by atoms with E-state index in [1.165, 1.54) is 19.1 Å². The molecule has 0 aliphatic carbocycles. The summed E-state index contributed by atoms with van der Waals surface area (Å²) >= 11 is 0. The van der Waals surface area contributed by atoms with Crippen LogP contribution in [0.5, 0.6) is 5.75 Å². The third kappa shape index (κ3) is 15.2. The third-order valence-corrected chi connectivity index (χ3v) is 14.9. The molecular formula is C51H65N11O10S2+2. The minimum atomic E-state index is -1.54. The van der Waals surface area contributed by atoms with Gasteiger partial charge in [-0.15, -0.1) is 0 Å². The van der Waals surface area contributed by atoms with Gasteiger partial charge in [0, 0.05) is 47.9 Å². The maximum absolute atomic E-state index is 14.7. The van der Waals surface area contributed by atoms with E-state index in [1.807, 2.05) is 66.7 Å². The van der Waals surface area contributed by atoms with Crippen molar-refractivity contribution in [2.24, 2.45) is 11.7 Å². The number of fused-ring (bicyclic) bond motifs is 2. The quantitative estimate of drug-likeness (QED) is 0.0549. The lowest BCUT2D eigenvalue weighted by Gasteiger charge is -2.29. The molecule has 0 spiro atoms. The van der Waals surface area contributed by atoms with Gasteiger partial charge in [0.25, 0.3) is 5.91 Å². The highest BCUT2D eigenvalue weighted by Gasteiger charge is 2.37. The van der Waals surface area contributed by atoms with E-state index in [0.29, 0.717) is 11.1 Å². The second kappa shape index (κ2) is 26.2. The van der Waals surface area contributed by atoms with Crippen LogP contribution in [-0.2, 0) is 57.6 Å². The first-order chi connectivity index (χ1) is 35.3. The Balaban J connectivity index is 1.37. The highest BCUT2D eigenvalue weighted by atomic mass is 33.1. The van der Waals surface area contributed by atoms with Crippen molar-refractivity contribution >= 4 is 90.5 Å². The van der Waals surface area contributed by atoms with Gasteiger partial charge in [0.1, 0.15) is 48.5 Å². The SMILES string of the molecule is CC(C)[C@@H]1NC(=O)[C@H](C[NH3+])NC(=O)[C@@H](Cc2c[nH]c3ccccc23)NC(=O)[C@H](Cc2ccc(O)cc2)NC(=O)[C@@H](NC(=O)[C@H]([NH3+])Cc2ccc3ccccc3c2)CSSC[C@@H](C(=O)N[C@H](C(N)=O)[C@@H](C)O)NC1=O. The first-order valence-electron chi connectivity index (χ1n) is 24.1. The Labute approximate surface area is 434 Å². The number of carbonyl (C=O) groups excluding carboxylic acids is 8. The molecule has 21 nitrogen and oxygen atoms in total. The molecule has 0 radical (unpaired) electrons. The number of aromatic amines is 1. The number of amides is 8. The Bertz CT molecular complexity index is 2830. The summed E-state index contributed by atoms with van der Waals surface area (Å²) in [4.78, 5) is 115. The number of aromatic nitrogens is 1. The molecule has 23 heteroatoms.